The third kappa shape index (κ3) is 2.87. The fourth-order valence-electron chi connectivity index (χ4n) is 2.58. The molecule has 0 aromatic heterocycles. The summed E-state index contributed by atoms with van der Waals surface area (Å²) in [4.78, 5) is 0. The van der Waals surface area contributed by atoms with E-state index in [0.717, 1.165) is 12.5 Å². The molecule has 1 N–H and O–H groups in total. The molecular weight excluding hydrogens is 236 g/mol. The number of likely N-dealkylation sites (N-methyl/N-ethyl adjacent to an activating group) is 1. The summed E-state index contributed by atoms with van der Waals surface area (Å²) in [5.41, 5.74) is 0.425. The van der Waals surface area contributed by atoms with E-state index in [1.165, 1.54) is 0 Å². The van der Waals surface area contributed by atoms with Crippen LogP contribution < -0.4 is 5.32 Å². The monoisotopic (exact) mass is 255 g/mol. The van der Waals surface area contributed by atoms with E-state index < -0.39 is 11.6 Å². The first kappa shape index (κ1) is 13.4. The SMILES string of the molecule is CNC(Cc1cccc(F)c1F)C1COC(C)C1. The average molecular weight is 255 g/mol. The lowest BCUT2D eigenvalue weighted by molar-refractivity contribution is 0.117. The normalized spacial score (nSPS) is 25.3. The predicted octanol–water partition coefficient (Wildman–Crippen LogP) is 2.52. The van der Waals surface area contributed by atoms with Gasteiger partial charge in [0.25, 0.3) is 0 Å². The Bertz CT molecular complexity index is 411. The minimum Gasteiger partial charge on any atom is -0.378 e. The van der Waals surface area contributed by atoms with Gasteiger partial charge in [-0.3, -0.25) is 0 Å². The lowest BCUT2D eigenvalue weighted by Crippen LogP contribution is -2.36. The number of hydrogen-bond acceptors (Lipinski definition) is 2. The second-order valence-corrected chi connectivity index (χ2v) is 4.95. The van der Waals surface area contributed by atoms with Crippen LogP contribution in [0.4, 0.5) is 8.78 Å². The molecule has 18 heavy (non-hydrogen) atoms. The predicted molar refractivity (Wildman–Crippen MR) is 66.4 cm³/mol. The summed E-state index contributed by atoms with van der Waals surface area (Å²) in [5.74, 6) is -1.16. The number of halogens is 2. The molecule has 2 rings (SSSR count). The minimum absolute atomic E-state index is 0.117. The van der Waals surface area contributed by atoms with Crippen LogP contribution in [0, 0.1) is 17.6 Å². The van der Waals surface area contributed by atoms with Crippen LogP contribution in [0.25, 0.3) is 0 Å². The van der Waals surface area contributed by atoms with Crippen LogP contribution in [-0.2, 0) is 11.2 Å². The first-order valence-corrected chi connectivity index (χ1v) is 6.33. The Kier molecular flexibility index (Phi) is 4.30. The quantitative estimate of drug-likeness (QED) is 0.892. The third-order valence-electron chi connectivity index (χ3n) is 3.64. The summed E-state index contributed by atoms with van der Waals surface area (Å²) < 4.78 is 32.3. The van der Waals surface area contributed by atoms with Crippen molar-refractivity contribution in [1.82, 2.24) is 5.32 Å². The zero-order valence-electron chi connectivity index (χ0n) is 10.7. The fraction of sp³-hybridized carbons (Fsp3) is 0.571. The molecule has 1 aliphatic rings. The van der Waals surface area contributed by atoms with Crippen molar-refractivity contribution in [3.8, 4) is 0 Å². The summed E-state index contributed by atoms with van der Waals surface area (Å²) in [7, 11) is 1.85. The van der Waals surface area contributed by atoms with Gasteiger partial charge in [-0.1, -0.05) is 12.1 Å². The topological polar surface area (TPSA) is 21.3 Å². The molecule has 0 spiro atoms. The highest BCUT2D eigenvalue weighted by atomic mass is 19.2. The number of rotatable bonds is 4. The molecular formula is C14H19F2NO. The Morgan fingerprint density at radius 2 is 2.22 bits per heavy atom. The van der Waals surface area contributed by atoms with Crippen LogP contribution in [0.3, 0.4) is 0 Å². The zero-order valence-corrected chi connectivity index (χ0v) is 10.7. The van der Waals surface area contributed by atoms with E-state index >= 15 is 0 Å². The molecule has 0 saturated carbocycles. The standard InChI is InChI=1S/C14H19F2NO/c1-9-6-11(8-18-9)13(17-2)7-10-4-3-5-12(15)14(10)16/h3-5,9,11,13,17H,6-8H2,1-2H3. The molecule has 100 valence electrons. The van der Waals surface area contributed by atoms with E-state index in [2.05, 4.69) is 5.32 Å². The molecule has 1 saturated heterocycles. The van der Waals surface area contributed by atoms with Gasteiger partial charge in [0.05, 0.1) is 12.7 Å². The number of ether oxygens (including phenoxy) is 1. The van der Waals surface area contributed by atoms with Crippen molar-refractivity contribution in [2.24, 2.45) is 5.92 Å². The molecule has 1 aliphatic heterocycles. The fourth-order valence-corrected chi connectivity index (χ4v) is 2.58. The summed E-state index contributed by atoms with van der Waals surface area (Å²) in [6, 6.07) is 4.45. The van der Waals surface area contributed by atoms with Crippen LogP contribution >= 0.6 is 0 Å². The molecule has 1 heterocycles. The Morgan fingerprint density at radius 3 is 2.83 bits per heavy atom. The number of benzene rings is 1. The van der Waals surface area contributed by atoms with Crippen molar-refractivity contribution in [1.29, 1.82) is 0 Å². The first-order chi connectivity index (χ1) is 8.61. The van der Waals surface area contributed by atoms with Gasteiger partial charge in [0.15, 0.2) is 11.6 Å². The largest absolute Gasteiger partial charge is 0.378 e. The molecule has 3 atom stereocenters. The Balaban J connectivity index is 2.08. The highest BCUT2D eigenvalue weighted by molar-refractivity contribution is 5.20. The van der Waals surface area contributed by atoms with Crippen LogP contribution in [0.1, 0.15) is 18.9 Å². The van der Waals surface area contributed by atoms with Crippen LogP contribution in [-0.4, -0.2) is 25.8 Å². The van der Waals surface area contributed by atoms with E-state index in [9.17, 15) is 8.78 Å². The lowest BCUT2D eigenvalue weighted by Gasteiger charge is -2.22. The molecule has 0 aliphatic carbocycles. The Hall–Kier alpha value is -1.00. The van der Waals surface area contributed by atoms with Gasteiger partial charge >= 0.3 is 0 Å². The van der Waals surface area contributed by atoms with E-state index in [-0.39, 0.29) is 12.1 Å². The summed E-state index contributed by atoms with van der Waals surface area (Å²) in [6.45, 7) is 2.72. The van der Waals surface area contributed by atoms with Gasteiger partial charge in [-0.2, -0.15) is 0 Å². The average Bonchev–Trinajstić information content (AvgIpc) is 2.78. The maximum atomic E-state index is 13.6. The second-order valence-electron chi connectivity index (χ2n) is 4.95. The first-order valence-electron chi connectivity index (χ1n) is 6.33. The third-order valence-corrected chi connectivity index (χ3v) is 3.64. The van der Waals surface area contributed by atoms with E-state index in [1.54, 1.807) is 12.1 Å². The van der Waals surface area contributed by atoms with E-state index in [4.69, 9.17) is 4.74 Å². The molecule has 0 amide bonds. The van der Waals surface area contributed by atoms with Crippen molar-refractivity contribution >= 4 is 0 Å². The second kappa shape index (κ2) is 5.76. The van der Waals surface area contributed by atoms with Gasteiger partial charge in [0, 0.05) is 12.0 Å². The maximum Gasteiger partial charge on any atom is 0.162 e. The number of nitrogens with one attached hydrogen (secondary N) is 1. The van der Waals surface area contributed by atoms with Gasteiger partial charge in [-0.25, -0.2) is 8.78 Å². The van der Waals surface area contributed by atoms with Gasteiger partial charge < -0.3 is 10.1 Å². The van der Waals surface area contributed by atoms with Crippen molar-refractivity contribution in [2.45, 2.75) is 31.9 Å². The smallest absolute Gasteiger partial charge is 0.162 e. The van der Waals surface area contributed by atoms with Crippen LogP contribution in [0.5, 0.6) is 0 Å². The van der Waals surface area contributed by atoms with Crippen molar-refractivity contribution < 1.29 is 13.5 Å². The molecule has 2 nitrogen and oxygen atoms in total. The number of hydrogen-bond donors (Lipinski definition) is 1. The van der Waals surface area contributed by atoms with Gasteiger partial charge in [0.1, 0.15) is 0 Å². The molecule has 0 radical (unpaired) electrons. The molecule has 3 unspecified atom stereocenters. The summed E-state index contributed by atoms with van der Waals surface area (Å²) in [6.07, 6.45) is 1.70. The van der Waals surface area contributed by atoms with Gasteiger partial charge in [0.2, 0.25) is 0 Å². The Morgan fingerprint density at radius 1 is 1.44 bits per heavy atom. The summed E-state index contributed by atoms with van der Waals surface area (Å²) >= 11 is 0. The lowest BCUT2D eigenvalue weighted by atomic mass is 9.91. The van der Waals surface area contributed by atoms with Crippen molar-refractivity contribution in [3.05, 3.63) is 35.4 Å². The van der Waals surface area contributed by atoms with Gasteiger partial charge in [-0.05, 0) is 38.4 Å². The molecule has 1 aromatic carbocycles. The zero-order chi connectivity index (χ0) is 13.1. The molecule has 1 aromatic rings. The summed E-state index contributed by atoms with van der Waals surface area (Å²) in [5, 5.41) is 3.19. The van der Waals surface area contributed by atoms with Crippen molar-refractivity contribution in [2.75, 3.05) is 13.7 Å². The molecule has 1 fully saturated rings. The maximum absolute atomic E-state index is 13.6. The molecule has 0 bridgehead atoms. The minimum atomic E-state index is -0.779. The highest BCUT2D eigenvalue weighted by Crippen LogP contribution is 2.25. The van der Waals surface area contributed by atoms with Crippen molar-refractivity contribution in [3.63, 3.8) is 0 Å². The Labute approximate surface area is 106 Å². The van der Waals surface area contributed by atoms with Gasteiger partial charge in [-0.15, -0.1) is 0 Å². The van der Waals surface area contributed by atoms with Crippen LogP contribution in [0.15, 0.2) is 18.2 Å². The van der Waals surface area contributed by atoms with Crippen LogP contribution in [0.2, 0.25) is 0 Å². The van der Waals surface area contributed by atoms with E-state index in [1.807, 2.05) is 14.0 Å². The highest BCUT2D eigenvalue weighted by Gasteiger charge is 2.29. The molecule has 4 heteroatoms. The van der Waals surface area contributed by atoms with E-state index in [0.29, 0.717) is 24.5 Å².